The number of ether oxygens (including phenoxy) is 1. The zero-order valence-electron chi connectivity index (χ0n) is 8.44. The molecule has 1 aliphatic heterocycles. The van der Waals surface area contributed by atoms with Gasteiger partial charge < -0.3 is 4.74 Å². The van der Waals surface area contributed by atoms with E-state index in [1.165, 1.54) is 13.4 Å². The summed E-state index contributed by atoms with van der Waals surface area (Å²) in [6.07, 6.45) is 1.36. The zero-order chi connectivity index (χ0) is 11.7. The molecular weight excluding hydrogens is 321 g/mol. The maximum absolute atomic E-state index is 11.8. The summed E-state index contributed by atoms with van der Waals surface area (Å²) < 4.78 is 5.93. The monoisotopic (exact) mass is 329 g/mol. The Morgan fingerprint density at radius 3 is 2.44 bits per heavy atom. The highest BCUT2D eigenvalue weighted by Gasteiger charge is 2.33. The van der Waals surface area contributed by atoms with Crippen LogP contribution in [0.4, 0.5) is 0 Å². The van der Waals surface area contributed by atoms with Crippen LogP contribution in [-0.4, -0.2) is 22.0 Å². The molecule has 0 aromatic heterocycles. The smallest absolute Gasteiger partial charge is 0.273 e. The van der Waals surface area contributed by atoms with E-state index in [2.05, 4.69) is 0 Å². The molecule has 0 fully saturated rings. The van der Waals surface area contributed by atoms with Crippen LogP contribution in [0.1, 0.15) is 15.9 Å². The summed E-state index contributed by atoms with van der Waals surface area (Å²) in [5.41, 5.74) is 1.53. The molecule has 0 spiro atoms. The average Bonchev–Trinajstić information content (AvgIpc) is 2.32. The Morgan fingerprint density at radius 2 is 1.81 bits per heavy atom. The van der Waals surface area contributed by atoms with Crippen LogP contribution in [-0.2, 0) is 9.53 Å². The molecule has 0 N–H and O–H groups in total. The molecule has 0 unspecified atom stereocenters. The van der Waals surface area contributed by atoms with Crippen molar-refractivity contribution in [1.82, 2.24) is 3.11 Å². The number of carbonyl (C=O) groups is 2. The molecule has 0 saturated carbocycles. The Balaban J connectivity index is 2.66. The van der Waals surface area contributed by atoms with Gasteiger partial charge in [-0.3, -0.25) is 9.59 Å². The molecule has 0 radical (unpaired) electrons. The van der Waals surface area contributed by atoms with Crippen molar-refractivity contribution in [2.45, 2.75) is 0 Å². The summed E-state index contributed by atoms with van der Waals surface area (Å²) in [5, 5.41) is 0. The summed E-state index contributed by atoms with van der Waals surface area (Å²) in [5.74, 6) is -0.652. The van der Waals surface area contributed by atoms with Crippen molar-refractivity contribution < 1.29 is 14.3 Å². The molecule has 16 heavy (non-hydrogen) atoms. The van der Waals surface area contributed by atoms with Crippen molar-refractivity contribution in [3.8, 4) is 0 Å². The number of hydrogen-bond acceptors (Lipinski definition) is 3. The average molecular weight is 329 g/mol. The Morgan fingerprint density at radius 1 is 1.19 bits per heavy atom. The standard InChI is InChI=1S/C11H8INO3/c1-16-6-9-7-4-2-3-5-8(7)10(14)13(12)11(9)15/h2-6H,1H3/b9-6+. The van der Waals surface area contributed by atoms with E-state index in [-0.39, 0.29) is 11.8 Å². The Kier molecular flexibility index (Phi) is 2.95. The minimum atomic E-state index is -0.355. The molecule has 1 heterocycles. The lowest BCUT2D eigenvalue weighted by molar-refractivity contribution is -0.118. The van der Waals surface area contributed by atoms with Crippen LogP contribution in [0.15, 0.2) is 30.5 Å². The fourth-order valence-electron chi connectivity index (χ4n) is 1.56. The number of amides is 2. The maximum atomic E-state index is 11.8. The molecule has 0 aliphatic carbocycles. The van der Waals surface area contributed by atoms with E-state index in [1.807, 2.05) is 0 Å². The summed E-state index contributed by atoms with van der Waals surface area (Å²) in [6.45, 7) is 0. The molecule has 1 aromatic rings. The topological polar surface area (TPSA) is 46.6 Å². The second-order valence-corrected chi connectivity index (χ2v) is 4.17. The Labute approximate surface area is 106 Å². The molecule has 0 saturated heterocycles. The summed E-state index contributed by atoms with van der Waals surface area (Å²) in [6, 6.07) is 6.98. The highest BCUT2D eigenvalue weighted by molar-refractivity contribution is 14.1. The van der Waals surface area contributed by atoms with E-state index in [0.717, 1.165) is 3.11 Å². The first kappa shape index (κ1) is 11.1. The van der Waals surface area contributed by atoms with Gasteiger partial charge in [-0.2, -0.15) is 0 Å². The second kappa shape index (κ2) is 4.25. The third-order valence-electron chi connectivity index (χ3n) is 2.27. The zero-order valence-corrected chi connectivity index (χ0v) is 10.6. The van der Waals surface area contributed by atoms with E-state index in [1.54, 1.807) is 47.1 Å². The van der Waals surface area contributed by atoms with Gasteiger partial charge >= 0.3 is 0 Å². The van der Waals surface area contributed by atoms with Gasteiger partial charge in [0.05, 0.1) is 41.8 Å². The lowest BCUT2D eigenvalue weighted by atomic mass is 9.96. The quantitative estimate of drug-likeness (QED) is 0.260. The van der Waals surface area contributed by atoms with Crippen LogP contribution >= 0.6 is 22.9 Å². The summed E-state index contributed by atoms with van der Waals surface area (Å²) >= 11 is 1.70. The number of hydrogen-bond donors (Lipinski definition) is 0. The first-order chi connectivity index (χ1) is 7.66. The van der Waals surface area contributed by atoms with Crippen molar-refractivity contribution in [2.75, 3.05) is 7.11 Å². The van der Waals surface area contributed by atoms with Crippen molar-refractivity contribution >= 4 is 40.3 Å². The van der Waals surface area contributed by atoms with Crippen LogP contribution < -0.4 is 0 Å². The predicted molar refractivity (Wildman–Crippen MR) is 66.6 cm³/mol. The normalized spacial score (nSPS) is 17.6. The van der Waals surface area contributed by atoms with E-state index in [4.69, 9.17) is 4.74 Å². The third kappa shape index (κ3) is 1.60. The van der Waals surface area contributed by atoms with Crippen LogP contribution in [0.25, 0.3) is 5.57 Å². The molecule has 1 aliphatic rings. The molecule has 2 rings (SSSR count). The highest BCUT2D eigenvalue weighted by Crippen LogP contribution is 2.30. The number of methoxy groups -OCH3 is 1. The minimum absolute atomic E-state index is 0.297. The fraction of sp³-hybridized carbons (Fsp3) is 0.0909. The van der Waals surface area contributed by atoms with Crippen LogP contribution in [0.2, 0.25) is 0 Å². The largest absolute Gasteiger partial charge is 0.504 e. The van der Waals surface area contributed by atoms with Crippen LogP contribution in [0.3, 0.4) is 0 Å². The molecule has 4 nitrogen and oxygen atoms in total. The lowest BCUT2D eigenvalue weighted by Crippen LogP contribution is -2.34. The van der Waals surface area contributed by atoms with E-state index < -0.39 is 0 Å². The van der Waals surface area contributed by atoms with Gasteiger partial charge in [0.1, 0.15) is 0 Å². The maximum Gasteiger partial charge on any atom is 0.273 e. The fourth-order valence-corrected chi connectivity index (χ4v) is 2.07. The van der Waals surface area contributed by atoms with Gasteiger partial charge in [0.2, 0.25) is 0 Å². The van der Waals surface area contributed by atoms with Crippen molar-refractivity contribution in [2.24, 2.45) is 0 Å². The van der Waals surface area contributed by atoms with Gasteiger partial charge in [-0.05, 0) is 6.07 Å². The molecule has 2 amide bonds. The Hall–Kier alpha value is -1.37. The van der Waals surface area contributed by atoms with E-state index >= 15 is 0 Å². The van der Waals surface area contributed by atoms with Gasteiger partial charge in [0, 0.05) is 11.1 Å². The number of carbonyl (C=O) groups excluding carboxylic acids is 2. The number of rotatable bonds is 1. The first-order valence-electron chi connectivity index (χ1n) is 4.53. The van der Waals surface area contributed by atoms with Crippen molar-refractivity contribution in [1.29, 1.82) is 0 Å². The highest BCUT2D eigenvalue weighted by atomic mass is 127. The number of imide groups is 1. The molecule has 82 valence electrons. The molecule has 1 aromatic carbocycles. The summed E-state index contributed by atoms with van der Waals surface area (Å²) in [4.78, 5) is 23.6. The van der Waals surface area contributed by atoms with Crippen LogP contribution in [0, 0.1) is 0 Å². The van der Waals surface area contributed by atoms with Crippen molar-refractivity contribution in [3.63, 3.8) is 0 Å². The van der Waals surface area contributed by atoms with Gasteiger partial charge in [-0.25, -0.2) is 3.11 Å². The lowest BCUT2D eigenvalue weighted by Gasteiger charge is -2.22. The van der Waals surface area contributed by atoms with Gasteiger partial charge in [-0.1, -0.05) is 18.2 Å². The third-order valence-corrected chi connectivity index (χ3v) is 3.15. The minimum Gasteiger partial charge on any atom is -0.504 e. The van der Waals surface area contributed by atoms with Gasteiger partial charge in [-0.15, -0.1) is 0 Å². The van der Waals surface area contributed by atoms with E-state index in [9.17, 15) is 9.59 Å². The van der Waals surface area contributed by atoms with E-state index in [0.29, 0.717) is 16.7 Å². The number of halogens is 1. The predicted octanol–water partition coefficient (Wildman–Crippen LogP) is 2.01. The number of benzene rings is 1. The molecule has 0 bridgehead atoms. The molecule has 5 heteroatoms. The molecule has 0 atom stereocenters. The van der Waals surface area contributed by atoms with Crippen molar-refractivity contribution in [3.05, 3.63) is 41.7 Å². The Bertz CT molecular complexity index is 496. The number of fused-ring (bicyclic) bond motifs is 1. The first-order valence-corrected chi connectivity index (χ1v) is 5.50. The summed E-state index contributed by atoms with van der Waals surface area (Å²) in [7, 11) is 1.47. The van der Waals surface area contributed by atoms with Crippen LogP contribution in [0.5, 0.6) is 0 Å². The second-order valence-electron chi connectivity index (χ2n) is 3.20. The number of nitrogens with zero attached hydrogens (tertiary/aromatic N) is 1. The van der Waals surface area contributed by atoms with Gasteiger partial charge in [0.25, 0.3) is 11.8 Å². The van der Waals surface area contributed by atoms with Gasteiger partial charge in [0.15, 0.2) is 0 Å². The SMILES string of the molecule is CO/C=C1/C(=O)N(I)C(=O)c2ccccc21. The molecular formula is C11H8INO3.